The zero-order valence-corrected chi connectivity index (χ0v) is 15.9. The number of rotatable bonds is 6. The molecule has 3 rings (SSSR count). The van der Waals surface area contributed by atoms with Gasteiger partial charge in [-0.2, -0.15) is 0 Å². The van der Waals surface area contributed by atoms with Gasteiger partial charge in [0, 0.05) is 23.7 Å². The Labute approximate surface area is 166 Å². The minimum absolute atomic E-state index is 0.154. The predicted molar refractivity (Wildman–Crippen MR) is 103 cm³/mol. The highest BCUT2D eigenvalue weighted by atomic mass is 35.5. The lowest BCUT2D eigenvalue weighted by atomic mass is 10.1. The summed E-state index contributed by atoms with van der Waals surface area (Å²) < 4.78 is 11.0. The highest BCUT2D eigenvalue weighted by molar-refractivity contribution is 6.32. The summed E-state index contributed by atoms with van der Waals surface area (Å²) in [5.74, 6) is 0.659. The van der Waals surface area contributed by atoms with Crippen molar-refractivity contribution in [2.24, 2.45) is 0 Å². The number of nitrogens with one attached hydrogen (secondary N) is 2. The van der Waals surface area contributed by atoms with Gasteiger partial charge in [0.15, 0.2) is 11.5 Å². The fraction of sp³-hybridized carbons (Fsp3) is 0.263. The van der Waals surface area contributed by atoms with Gasteiger partial charge in [0.1, 0.15) is 13.2 Å². The molecule has 0 atom stereocenters. The van der Waals surface area contributed by atoms with Gasteiger partial charge >= 0.3 is 0 Å². The van der Waals surface area contributed by atoms with Gasteiger partial charge in [-0.05, 0) is 42.0 Å². The maximum Gasteiger partial charge on any atom is 0.251 e. The first-order valence-electron chi connectivity index (χ1n) is 8.41. The van der Waals surface area contributed by atoms with Crippen LogP contribution in [-0.2, 0) is 11.2 Å². The average Bonchev–Trinajstić information content (AvgIpc) is 2.65. The number of fused-ring (bicyclic) bond motifs is 1. The lowest BCUT2D eigenvalue weighted by Gasteiger charge is -2.20. The molecular formula is C19H18Cl2N2O4. The van der Waals surface area contributed by atoms with Crippen LogP contribution >= 0.6 is 23.2 Å². The van der Waals surface area contributed by atoms with Crippen molar-refractivity contribution in [3.63, 3.8) is 0 Å². The lowest BCUT2D eigenvalue weighted by Crippen LogP contribution is -2.35. The standard InChI is InChI=1S/C19H18Cl2N2O4/c20-14-3-1-13(2-4-14)19(25)23-6-5-22-17(24)11-12-9-15(21)18-16(10-12)26-7-8-27-18/h1-4,9-10H,5-8,11H2,(H,22,24)(H,23,25). The smallest absolute Gasteiger partial charge is 0.251 e. The summed E-state index contributed by atoms with van der Waals surface area (Å²) in [7, 11) is 0. The van der Waals surface area contributed by atoms with Gasteiger partial charge in [-0.3, -0.25) is 9.59 Å². The number of benzene rings is 2. The average molecular weight is 409 g/mol. The first-order chi connectivity index (χ1) is 13.0. The molecule has 2 aromatic rings. The van der Waals surface area contributed by atoms with Gasteiger partial charge in [-0.1, -0.05) is 23.2 Å². The fourth-order valence-electron chi connectivity index (χ4n) is 2.60. The van der Waals surface area contributed by atoms with Crippen molar-refractivity contribution in [1.82, 2.24) is 10.6 Å². The third-order valence-electron chi connectivity index (χ3n) is 3.86. The van der Waals surface area contributed by atoms with Gasteiger partial charge in [0.05, 0.1) is 11.4 Å². The molecule has 1 heterocycles. The molecule has 0 saturated carbocycles. The SMILES string of the molecule is O=C(Cc1cc(Cl)c2c(c1)OCCO2)NCCNC(=O)c1ccc(Cl)cc1. The molecule has 0 unspecified atom stereocenters. The van der Waals surface area contributed by atoms with Crippen LogP contribution in [0.4, 0.5) is 0 Å². The van der Waals surface area contributed by atoms with Crippen LogP contribution in [-0.4, -0.2) is 38.1 Å². The highest BCUT2D eigenvalue weighted by Gasteiger charge is 2.17. The summed E-state index contributed by atoms with van der Waals surface area (Å²) in [4.78, 5) is 24.0. The molecule has 0 aromatic heterocycles. The number of amides is 2. The third kappa shape index (κ3) is 5.28. The van der Waals surface area contributed by atoms with E-state index in [1.165, 1.54) is 0 Å². The van der Waals surface area contributed by atoms with Gasteiger partial charge in [-0.25, -0.2) is 0 Å². The normalized spacial score (nSPS) is 12.4. The van der Waals surface area contributed by atoms with E-state index in [-0.39, 0.29) is 18.2 Å². The van der Waals surface area contributed by atoms with Crippen molar-refractivity contribution in [2.45, 2.75) is 6.42 Å². The van der Waals surface area contributed by atoms with Crippen LogP contribution in [0.3, 0.4) is 0 Å². The van der Waals surface area contributed by atoms with Crippen molar-refractivity contribution in [2.75, 3.05) is 26.3 Å². The van der Waals surface area contributed by atoms with Crippen molar-refractivity contribution in [3.05, 3.63) is 57.6 Å². The number of carbonyl (C=O) groups is 2. The minimum atomic E-state index is -0.223. The van der Waals surface area contributed by atoms with Crippen LogP contribution in [0.15, 0.2) is 36.4 Å². The minimum Gasteiger partial charge on any atom is -0.486 e. The van der Waals surface area contributed by atoms with E-state index in [0.29, 0.717) is 53.4 Å². The Morgan fingerprint density at radius 1 is 0.963 bits per heavy atom. The summed E-state index contributed by atoms with van der Waals surface area (Å²) in [6.07, 6.45) is 0.154. The van der Waals surface area contributed by atoms with E-state index in [9.17, 15) is 9.59 Å². The monoisotopic (exact) mass is 408 g/mol. The Hall–Kier alpha value is -2.44. The van der Waals surface area contributed by atoms with Crippen LogP contribution in [0.2, 0.25) is 10.0 Å². The molecule has 2 N–H and O–H groups in total. The van der Waals surface area contributed by atoms with Crippen molar-refractivity contribution in [3.8, 4) is 11.5 Å². The van der Waals surface area contributed by atoms with E-state index in [1.54, 1.807) is 36.4 Å². The van der Waals surface area contributed by atoms with Gasteiger partial charge < -0.3 is 20.1 Å². The zero-order chi connectivity index (χ0) is 19.2. The molecule has 1 aliphatic rings. The van der Waals surface area contributed by atoms with E-state index >= 15 is 0 Å². The molecule has 0 fully saturated rings. The summed E-state index contributed by atoms with van der Waals surface area (Å²) >= 11 is 12.0. The Kier molecular flexibility index (Phi) is 6.42. The van der Waals surface area contributed by atoms with Crippen molar-refractivity contribution >= 4 is 35.0 Å². The molecule has 0 aliphatic carbocycles. The molecule has 0 radical (unpaired) electrons. The van der Waals surface area contributed by atoms with Gasteiger partial charge in [-0.15, -0.1) is 0 Å². The van der Waals surface area contributed by atoms with Gasteiger partial charge in [0.25, 0.3) is 5.91 Å². The van der Waals surface area contributed by atoms with Crippen molar-refractivity contribution < 1.29 is 19.1 Å². The Morgan fingerprint density at radius 3 is 2.44 bits per heavy atom. The van der Waals surface area contributed by atoms with Crippen LogP contribution in [0.25, 0.3) is 0 Å². The predicted octanol–water partition coefficient (Wildman–Crippen LogP) is 2.85. The molecule has 2 aromatic carbocycles. The number of halogens is 2. The zero-order valence-electron chi connectivity index (χ0n) is 14.4. The van der Waals surface area contributed by atoms with Gasteiger partial charge in [0.2, 0.25) is 5.91 Å². The second-order valence-corrected chi connectivity index (χ2v) is 6.73. The van der Waals surface area contributed by atoms with Crippen molar-refractivity contribution in [1.29, 1.82) is 0 Å². The molecule has 0 saturated heterocycles. The fourth-order valence-corrected chi connectivity index (χ4v) is 3.01. The molecule has 142 valence electrons. The molecule has 8 heteroatoms. The lowest BCUT2D eigenvalue weighted by molar-refractivity contribution is -0.120. The third-order valence-corrected chi connectivity index (χ3v) is 4.39. The second-order valence-electron chi connectivity index (χ2n) is 5.89. The van der Waals surface area contributed by atoms with Crippen LogP contribution < -0.4 is 20.1 Å². The Balaban J connectivity index is 1.44. The van der Waals surface area contributed by atoms with Crippen LogP contribution in [0.5, 0.6) is 11.5 Å². The molecule has 27 heavy (non-hydrogen) atoms. The van der Waals surface area contributed by atoms with Crippen LogP contribution in [0.1, 0.15) is 15.9 Å². The molecule has 0 bridgehead atoms. The quantitative estimate of drug-likeness (QED) is 0.720. The summed E-state index contributed by atoms with van der Waals surface area (Å²) in [5.41, 5.74) is 1.24. The first-order valence-corrected chi connectivity index (χ1v) is 9.17. The van der Waals surface area contributed by atoms with E-state index in [0.717, 1.165) is 5.56 Å². The Bertz CT molecular complexity index is 840. The second kappa shape index (κ2) is 8.97. The molecular weight excluding hydrogens is 391 g/mol. The molecule has 0 spiro atoms. The Morgan fingerprint density at radius 2 is 1.67 bits per heavy atom. The number of hydrogen-bond acceptors (Lipinski definition) is 4. The largest absolute Gasteiger partial charge is 0.486 e. The van der Waals surface area contributed by atoms with E-state index in [1.807, 2.05) is 0 Å². The number of ether oxygens (including phenoxy) is 2. The summed E-state index contributed by atoms with van der Waals surface area (Å²) in [5, 5.41) is 6.48. The number of carbonyl (C=O) groups excluding carboxylic acids is 2. The van der Waals surface area contributed by atoms with E-state index in [4.69, 9.17) is 32.7 Å². The summed E-state index contributed by atoms with van der Waals surface area (Å²) in [6, 6.07) is 10.0. The van der Waals surface area contributed by atoms with E-state index < -0.39 is 0 Å². The maximum absolute atomic E-state index is 12.1. The molecule has 2 amide bonds. The molecule has 6 nitrogen and oxygen atoms in total. The topological polar surface area (TPSA) is 76.7 Å². The number of hydrogen-bond donors (Lipinski definition) is 2. The first kappa shape index (κ1) is 19.3. The highest BCUT2D eigenvalue weighted by Crippen LogP contribution is 2.38. The summed E-state index contributed by atoms with van der Waals surface area (Å²) in [6.45, 7) is 1.53. The van der Waals surface area contributed by atoms with Crippen LogP contribution in [0, 0.1) is 0 Å². The molecule has 1 aliphatic heterocycles. The maximum atomic E-state index is 12.1. The van der Waals surface area contributed by atoms with E-state index in [2.05, 4.69) is 10.6 Å².